The van der Waals surface area contributed by atoms with Crippen LogP contribution in [0.15, 0.2) is 64.5 Å². The first-order valence-corrected chi connectivity index (χ1v) is 8.13. The Bertz CT molecular complexity index is 685. The molecule has 0 bridgehead atoms. The molecule has 1 aliphatic rings. The maximum absolute atomic E-state index is 10.4. The summed E-state index contributed by atoms with van der Waals surface area (Å²) in [5.74, 6) is 0.850. The van der Waals surface area contributed by atoms with E-state index < -0.39 is 6.10 Å². The number of aliphatic hydroxyl groups excluding tert-OH is 1. The van der Waals surface area contributed by atoms with Crippen LogP contribution in [0.2, 0.25) is 0 Å². The van der Waals surface area contributed by atoms with Gasteiger partial charge in [0.1, 0.15) is 5.75 Å². The van der Waals surface area contributed by atoms with Gasteiger partial charge in [0.15, 0.2) is 0 Å². The quantitative estimate of drug-likeness (QED) is 0.917. The Morgan fingerprint density at radius 3 is 2.68 bits per heavy atom. The van der Waals surface area contributed by atoms with Gasteiger partial charge in [0.05, 0.1) is 23.9 Å². The highest BCUT2D eigenvalue weighted by Crippen LogP contribution is 2.47. The largest absolute Gasteiger partial charge is 0.497 e. The summed E-state index contributed by atoms with van der Waals surface area (Å²) in [6, 6.07) is 15.8. The lowest BCUT2D eigenvalue weighted by Gasteiger charge is -2.19. The van der Waals surface area contributed by atoms with E-state index in [1.54, 1.807) is 18.9 Å². The highest BCUT2D eigenvalue weighted by Gasteiger charge is 2.25. The number of thioether (sulfide) groups is 1. The van der Waals surface area contributed by atoms with E-state index in [1.165, 1.54) is 4.90 Å². The molecule has 114 valence electrons. The van der Waals surface area contributed by atoms with Gasteiger partial charge >= 0.3 is 0 Å². The average Bonchev–Trinajstić information content (AvgIpc) is 2.91. The van der Waals surface area contributed by atoms with Crippen molar-refractivity contribution in [2.45, 2.75) is 17.9 Å². The maximum atomic E-state index is 10.4. The SMILES string of the molecule is CCN1/C(=C/C(O)c2ccccc2)Sc2ccc(OC)cc21. The standard InChI is InChI=1S/C18H19NO2S/c1-3-19-15-11-14(21-2)9-10-17(15)22-18(19)12-16(20)13-7-5-4-6-8-13/h4-12,16,20H,3H2,1-2H3/b18-12-. The summed E-state index contributed by atoms with van der Waals surface area (Å²) >= 11 is 1.68. The predicted octanol–water partition coefficient (Wildman–Crippen LogP) is 4.20. The summed E-state index contributed by atoms with van der Waals surface area (Å²) in [5.41, 5.74) is 2.04. The number of methoxy groups -OCH3 is 1. The number of aliphatic hydroxyl groups is 1. The minimum atomic E-state index is -0.603. The molecule has 2 aromatic rings. The first-order valence-electron chi connectivity index (χ1n) is 7.31. The number of hydrogen-bond acceptors (Lipinski definition) is 4. The van der Waals surface area contributed by atoms with Gasteiger partial charge in [-0.05, 0) is 30.7 Å². The van der Waals surface area contributed by atoms with E-state index >= 15 is 0 Å². The molecule has 0 amide bonds. The van der Waals surface area contributed by atoms with Crippen molar-refractivity contribution in [2.75, 3.05) is 18.6 Å². The van der Waals surface area contributed by atoms with Crippen LogP contribution >= 0.6 is 11.8 Å². The lowest BCUT2D eigenvalue weighted by molar-refractivity contribution is 0.228. The molecule has 1 N–H and O–H groups in total. The lowest BCUT2D eigenvalue weighted by Crippen LogP contribution is -2.17. The van der Waals surface area contributed by atoms with Crippen LogP contribution in [0.3, 0.4) is 0 Å². The number of fused-ring (bicyclic) bond motifs is 1. The second kappa shape index (κ2) is 6.46. The van der Waals surface area contributed by atoms with Gasteiger partial charge in [-0.1, -0.05) is 42.1 Å². The van der Waals surface area contributed by atoms with Gasteiger partial charge in [0, 0.05) is 17.5 Å². The zero-order chi connectivity index (χ0) is 15.5. The zero-order valence-corrected chi connectivity index (χ0v) is 13.5. The van der Waals surface area contributed by atoms with Crippen molar-refractivity contribution in [1.82, 2.24) is 0 Å². The van der Waals surface area contributed by atoms with Crippen molar-refractivity contribution in [1.29, 1.82) is 0 Å². The Hall–Kier alpha value is -1.91. The lowest BCUT2D eigenvalue weighted by atomic mass is 10.1. The summed E-state index contributed by atoms with van der Waals surface area (Å²) in [6.45, 7) is 2.96. The second-order valence-electron chi connectivity index (χ2n) is 5.04. The van der Waals surface area contributed by atoms with Crippen molar-refractivity contribution in [2.24, 2.45) is 0 Å². The molecular formula is C18H19NO2S. The third-order valence-corrected chi connectivity index (χ3v) is 4.83. The van der Waals surface area contributed by atoms with Gasteiger partial charge in [-0.3, -0.25) is 0 Å². The van der Waals surface area contributed by atoms with Crippen LogP contribution < -0.4 is 9.64 Å². The molecule has 1 aliphatic heterocycles. The molecule has 2 aromatic carbocycles. The van der Waals surface area contributed by atoms with E-state index in [-0.39, 0.29) is 0 Å². The van der Waals surface area contributed by atoms with Gasteiger partial charge < -0.3 is 14.7 Å². The first kappa shape index (κ1) is 15.0. The number of benzene rings is 2. The minimum Gasteiger partial charge on any atom is -0.497 e. The predicted molar refractivity (Wildman–Crippen MR) is 91.4 cm³/mol. The molecule has 0 aromatic heterocycles. The van der Waals surface area contributed by atoms with Gasteiger partial charge in [-0.15, -0.1) is 0 Å². The summed E-state index contributed by atoms with van der Waals surface area (Å²) < 4.78 is 5.31. The Morgan fingerprint density at radius 2 is 2.00 bits per heavy atom. The highest BCUT2D eigenvalue weighted by atomic mass is 32.2. The molecule has 3 nitrogen and oxygen atoms in total. The van der Waals surface area contributed by atoms with Gasteiger partial charge in [0.2, 0.25) is 0 Å². The van der Waals surface area contributed by atoms with Gasteiger partial charge in [0.25, 0.3) is 0 Å². The fourth-order valence-corrected chi connectivity index (χ4v) is 3.71. The van der Waals surface area contributed by atoms with Crippen LogP contribution in [0.1, 0.15) is 18.6 Å². The normalized spacial score (nSPS) is 16.7. The number of ether oxygens (including phenoxy) is 1. The summed E-state index contributed by atoms with van der Waals surface area (Å²) in [6.07, 6.45) is 1.31. The molecule has 0 fully saturated rings. The maximum Gasteiger partial charge on any atom is 0.121 e. The molecular weight excluding hydrogens is 294 g/mol. The Balaban J connectivity index is 1.91. The third kappa shape index (κ3) is 2.85. The van der Waals surface area contributed by atoms with Crippen LogP contribution in [-0.4, -0.2) is 18.8 Å². The molecule has 1 atom stereocenters. The molecule has 3 rings (SSSR count). The smallest absolute Gasteiger partial charge is 0.121 e. The van der Waals surface area contributed by atoms with Crippen LogP contribution in [0, 0.1) is 0 Å². The van der Waals surface area contributed by atoms with E-state index in [1.807, 2.05) is 48.5 Å². The molecule has 4 heteroatoms. The molecule has 0 saturated carbocycles. The van der Waals surface area contributed by atoms with Crippen molar-refractivity contribution in [3.05, 3.63) is 65.2 Å². The molecule has 0 spiro atoms. The average molecular weight is 313 g/mol. The number of anilines is 1. The van der Waals surface area contributed by atoms with Crippen LogP contribution in [-0.2, 0) is 0 Å². The number of rotatable bonds is 4. The van der Waals surface area contributed by atoms with Gasteiger partial charge in [-0.25, -0.2) is 0 Å². The molecule has 0 saturated heterocycles. The number of hydrogen-bond donors (Lipinski definition) is 1. The van der Waals surface area contributed by atoms with E-state index in [0.29, 0.717) is 0 Å². The Labute approximate surface area is 135 Å². The molecule has 0 radical (unpaired) electrons. The van der Waals surface area contributed by atoms with Crippen LogP contribution in [0.5, 0.6) is 5.75 Å². The first-order chi connectivity index (χ1) is 10.7. The number of nitrogens with zero attached hydrogens (tertiary/aromatic N) is 1. The third-order valence-electron chi connectivity index (χ3n) is 3.70. The van der Waals surface area contributed by atoms with Crippen molar-refractivity contribution in [3.63, 3.8) is 0 Å². The summed E-state index contributed by atoms with van der Waals surface area (Å²) in [7, 11) is 1.68. The van der Waals surface area contributed by atoms with Gasteiger partial charge in [-0.2, -0.15) is 0 Å². The van der Waals surface area contributed by atoms with Crippen LogP contribution in [0.4, 0.5) is 5.69 Å². The Morgan fingerprint density at radius 1 is 1.23 bits per heavy atom. The second-order valence-corrected chi connectivity index (χ2v) is 6.10. The molecule has 1 heterocycles. The van der Waals surface area contributed by atoms with Crippen molar-refractivity contribution in [3.8, 4) is 5.75 Å². The fraction of sp³-hybridized carbons (Fsp3) is 0.222. The molecule has 1 unspecified atom stereocenters. The highest BCUT2D eigenvalue weighted by molar-refractivity contribution is 8.03. The monoisotopic (exact) mass is 313 g/mol. The molecule has 0 aliphatic carbocycles. The zero-order valence-electron chi connectivity index (χ0n) is 12.7. The fourth-order valence-electron chi connectivity index (χ4n) is 2.54. The summed E-state index contributed by atoms with van der Waals surface area (Å²) in [5, 5.41) is 11.5. The Kier molecular flexibility index (Phi) is 4.41. The van der Waals surface area contributed by atoms with E-state index in [9.17, 15) is 5.11 Å². The van der Waals surface area contributed by atoms with Crippen molar-refractivity contribution >= 4 is 17.4 Å². The summed E-state index contributed by atoms with van der Waals surface area (Å²) in [4.78, 5) is 3.39. The van der Waals surface area contributed by atoms with E-state index in [4.69, 9.17) is 4.74 Å². The van der Waals surface area contributed by atoms with E-state index in [2.05, 4.69) is 17.9 Å². The van der Waals surface area contributed by atoms with Crippen molar-refractivity contribution < 1.29 is 9.84 Å². The topological polar surface area (TPSA) is 32.7 Å². The van der Waals surface area contributed by atoms with Crippen LogP contribution in [0.25, 0.3) is 0 Å². The minimum absolute atomic E-state index is 0.603. The molecule has 22 heavy (non-hydrogen) atoms. The van der Waals surface area contributed by atoms with E-state index in [0.717, 1.165) is 28.6 Å².